The number of amides is 1. The number of carbonyl (C=O) groups excluding carboxylic acids is 1. The van der Waals surface area contributed by atoms with Gasteiger partial charge in [0.25, 0.3) is 0 Å². The third-order valence-electron chi connectivity index (χ3n) is 4.21. The highest BCUT2D eigenvalue weighted by atomic mass is 32.1. The highest BCUT2D eigenvalue weighted by Gasteiger charge is 2.42. The lowest BCUT2D eigenvalue weighted by Crippen LogP contribution is -2.44. The normalized spacial score (nSPS) is 32.2. The first kappa shape index (κ1) is 12.1. The third-order valence-corrected chi connectivity index (χ3v) is 5.17. The Balaban J connectivity index is 1.61. The number of carbonyl (C=O) groups is 1. The maximum Gasteiger partial charge on any atom is 0.237 e. The van der Waals surface area contributed by atoms with Gasteiger partial charge >= 0.3 is 0 Å². The molecule has 18 heavy (non-hydrogen) atoms. The first-order valence-electron chi connectivity index (χ1n) is 6.69. The molecule has 98 valence electrons. The summed E-state index contributed by atoms with van der Waals surface area (Å²) >= 11 is 1.59. The summed E-state index contributed by atoms with van der Waals surface area (Å²) in [6.07, 6.45) is 5.54. The lowest BCUT2D eigenvalue weighted by molar-refractivity contribution is -0.124. The second kappa shape index (κ2) is 4.97. The SMILES string of the molecule is CC(NC(=O)C1NCC2CCCC21)c1nccs1. The van der Waals surface area contributed by atoms with E-state index in [1.165, 1.54) is 19.3 Å². The molecular weight excluding hydrogens is 246 g/mol. The maximum absolute atomic E-state index is 12.3. The van der Waals surface area contributed by atoms with Crippen LogP contribution in [0, 0.1) is 11.8 Å². The molecule has 0 spiro atoms. The van der Waals surface area contributed by atoms with E-state index in [9.17, 15) is 4.79 Å². The summed E-state index contributed by atoms with van der Waals surface area (Å²) in [5.74, 6) is 1.41. The van der Waals surface area contributed by atoms with E-state index in [-0.39, 0.29) is 18.0 Å². The lowest BCUT2D eigenvalue weighted by atomic mass is 9.93. The number of nitrogens with zero attached hydrogens (tertiary/aromatic N) is 1. The first-order valence-corrected chi connectivity index (χ1v) is 7.57. The lowest BCUT2D eigenvalue weighted by Gasteiger charge is -2.20. The largest absolute Gasteiger partial charge is 0.346 e. The molecule has 2 N–H and O–H groups in total. The zero-order valence-corrected chi connectivity index (χ0v) is 11.4. The molecule has 5 heteroatoms. The van der Waals surface area contributed by atoms with Crippen molar-refractivity contribution in [2.24, 2.45) is 11.8 Å². The molecule has 4 nitrogen and oxygen atoms in total. The fraction of sp³-hybridized carbons (Fsp3) is 0.692. The molecule has 1 saturated heterocycles. The number of fused-ring (bicyclic) bond motifs is 1. The number of thiazole rings is 1. The zero-order chi connectivity index (χ0) is 12.5. The Morgan fingerprint density at radius 1 is 1.61 bits per heavy atom. The predicted octanol–water partition coefficient (Wildman–Crippen LogP) is 1.71. The Bertz CT molecular complexity index is 420. The number of aromatic nitrogens is 1. The summed E-state index contributed by atoms with van der Waals surface area (Å²) in [5.41, 5.74) is 0. The summed E-state index contributed by atoms with van der Waals surface area (Å²) in [6, 6.07) is 0.0275. The van der Waals surface area contributed by atoms with Crippen LogP contribution < -0.4 is 10.6 Å². The molecule has 2 heterocycles. The van der Waals surface area contributed by atoms with Crippen LogP contribution >= 0.6 is 11.3 Å². The fourth-order valence-corrected chi connectivity index (χ4v) is 3.93. The standard InChI is InChI=1S/C13H19N3OS/c1-8(13-14-5-6-18-13)16-12(17)11-10-4-2-3-9(10)7-15-11/h5-6,8-11,15H,2-4,7H2,1H3,(H,16,17). The van der Waals surface area contributed by atoms with E-state index in [4.69, 9.17) is 0 Å². The minimum atomic E-state index is 0.0137. The number of rotatable bonds is 3. The summed E-state index contributed by atoms with van der Waals surface area (Å²) in [5, 5.41) is 9.38. The average Bonchev–Trinajstić information content (AvgIpc) is 3.06. The van der Waals surface area contributed by atoms with Crippen molar-refractivity contribution in [2.45, 2.75) is 38.3 Å². The number of hydrogen-bond donors (Lipinski definition) is 2. The minimum absolute atomic E-state index is 0.0137. The second-order valence-corrected chi connectivity index (χ2v) is 6.27. The monoisotopic (exact) mass is 265 g/mol. The van der Waals surface area contributed by atoms with Crippen LogP contribution in [-0.2, 0) is 4.79 Å². The van der Waals surface area contributed by atoms with E-state index in [0.29, 0.717) is 5.92 Å². The van der Waals surface area contributed by atoms with Gasteiger partial charge in [-0.15, -0.1) is 11.3 Å². The Morgan fingerprint density at radius 3 is 3.28 bits per heavy atom. The number of nitrogens with one attached hydrogen (secondary N) is 2. The van der Waals surface area contributed by atoms with Crippen molar-refractivity contribution < 1.29 is 4.79 Å². The molecule has 1 amide bonds. The van der Waals surface area contributed by atoms with E-state index < -0.39 is 0 Å². The van der Waals surface area contributed by atoms with Crippen LogP contribution in [0.25, 0.3) is 0 Å². The molecule has 4 atom stereocenters. The highest BCUT2D eigenvalue weighted by molar-refractivity contribution is 7.09. The molecule has 0 bridgehead atoms. The molecule has 1 saturated carbocycles. The predicted molar refractivity (Wildman–Crippen MR) is 71.3 cm³/mol. The molecule has 1 aromatic heterocycles. The Hall–Kier alpha value is -0.940. The molecule has 2 fully saturated rings. The molecule has 4 unspecified atom stereocenters. The number of hydrogen-bond acceptors (Lipinski definition) is 4. The topological polar surface area (TPSA) is 54.0 Å². The molecule has 0 aromatic carbocycles. The maximum atomic E-state index is 12.3. The first-order chi connectivity index (χ1) is 8.75. The molecule has 1 aromatic rings. The Kier molecular flexibility index (Phi) is 3.35. The van der Waals surface area contributed by atoms with Crippen LogP contribution in [0.5, 0.6) is 0 Å². The van der Waals surface area contributed by atoms with Gasteiger partial charge in [0.05, 0.1) is 12.1 Å². The zero-order valence-electron chi connectivity index (χ0n) is 10.6. The van der Waals surface area contributed by atoms with Gasteiger partial charge in [-0.3, -0.25) is 4.79 Å². The van der Waals surface area contributed by atoms with Gasteiger partial charge in [0.1, 0.15) is 5.01 Å². The quantitative estimate of drug-likeness (QED) is 0.875. The summed E-state index contributed by atoms with van der Waals surface area (Å²) in [4.78, 5) is 16.5. The Morgan fingerprint density at radius 2 is 2.50 bits per heavy atom. The molecule has 1 aliphatic heterocycles. The molecule has 3 rings (SSSR count). The smallest absolute Gasteiger partial charge is 0.237 e. The van der Waals surface area contributed by atoms with Crippen molar-refractivity contribution >= 4 is 17.2 Å². The minimum Gasteiger partial charge on any atom is -0.346 e. The molecule has 2 aliphatic rings. The van der Waals surface area contributed by atoms with Crippen LogP contribution in [0.3, 0.4) is 0 Å². The van der Waals surface area contributed by atoms with E-state index in [2.05, 4.69) is 15.6 Å². The van der Waals surface area contributed by atoms with Crippen molar-refractivity contribution in [3.05, 3.63) is 16.6 Å². The van der Waals surface area contributed by atoms with Crippen molar-refractivity contribution in [1.82, 2.24) is 15.6 Å². The summed E-state index contributed by atoms with van der Waals surface area (Å²) in [6.45, 7) is 3.01. The third kappa shape index (κ3) is 2.17. The van der Waals surface area contributed by atoms with Gasteiger partial charge in [0.15, 0.2) is 0 Å². The fourth-order valence-electron chi connectivity index (χ4n) is 3.29. The van der Waals surface area contributed by atoms with Crippen LogP contribution in [0.1, 0.15) is 37.2 Å². The van der Waals surface area contributed by atoms with Crippen molar-refractivity contribution in [3.8, 4) is 0 Å². The molecule has 0 radical (unpaired) electrons. The average molecular weight is 265 g/mol. The van der Waals surface area contributed by atoms with E-state index in [0.717, 1.165) is 17.5 Å². The van der Waals surface area contributed by atoms with Gasteiger partial charge in [-0.2, -0.15) is 0 Å². The van der Waals surface area contributed by atoms with Crippen molar-refractivity contribution in [3.63, 3.8) is 0 Å². The molecule has 1 aliphatic carbocycles. The van der Waals surface area contributed by atoms with Gasteiger partial charge < -0.3 is 10.6 Å². The summed E-state index contributed by atoms with van der Waals surface area (Å²) < 4.78 is 0. The van der Waals surface area contributed by atoms with E-state index in [1.54, 1.807) is 17.5 Å². The van der Waals surface area contributed by atoms with Gasteiger partial charge in [-0.05, 0) is 38.1 Å². The van der Waals surface area contributed by atoms with Gasteiger partial charge in [-0.1, -0.05) is 6.42 Å². The van der Waals surface area contributed by atoms with Gasteiger partial charge in [-0.25, -0.2) is 4.98 Å². The van der Waals surface area contributed by atoms with Crippen molar-refractivity contribution in [1.29, 1.82) is 0 Å². The summed E-state index contributed by atoms with van der Waals surface area (Å²) in [7, 11) is 0. The van der Waals surface area contributed by atoms with Crippen LogP contribution in [0.4, 0.5) is 0 Å². The van der Waals surface area contributed by atoms with Crippen LogP contribution in [0.2, 0.25) is 0 Å². The van der Waals surface area contributed by atoms with Gasteiger partial charge in [0.2, 0.25) is 5.91 Å². The van der Waals surface area contributed by atoms with Gasteiger partial charge in [0, 0.05) is 11.6 Å². The van der Waals surface area contributed by atoms with Crippen LogP contribution in [0.15, 0.2) is 11.6 Å². The van der Waals surface area contributed by atoms with E-state index >= 15 is 0 Å². The molecular formula is C13H19N3OS. The van der Waals surface area contributed by atoms with E-state index in [1.807, 2.05) is 12.3 Å². The second-order valence-electron chi connectivity index (χ2n) is 5.34. The van der Waals surface area contributed by atoms with Crippen LogP contribution in [-0.4, -0.2) is 23.5 Å². The Labute approximate surface area is 111 Å². The highest BCUT2D eigenvalue weighted by Crippen LogP contribution is 2.37. The van der Waals surface area contributed by atoms with Crippen molar-refractivity contribution in [2.75, 3.05) is 6.54 Å².